The summed E-state index contributed by atoms with van der Waals surface area (Å²) in [5, 5.41) is 0. The maximum Gasteiger partial charge on any atom is 0.254 e. The Hall–Kier alpha value is -2.04. The topological polar surface area (TPSA) is 49.9 Å². The predicted octanol–water partition coefficient (Wildman–Crippen LogP) is 2.95. The molecule has 3 saturated heterocycles. The number of benzene rings is 1. The Kier molecular flexibility index (Phi) is 4.88. The highest BCUT2D eigenvalue weighted by Gasteiger charge is 2.40. The van der Waals surface area contributed by atoms with Gasteiger partial charge in [0.2, 0.25) is 5.91 Å². The summed E-state index contributed by atoms with van der Waals surface area (Å²) in [5.74, 6) is 1.84. The van der Waals surface area contributed by atoms with Crippen LogP contribution in [0.2, 0.25) is 0 Å². The number of fused-ring (bicyclic) bond motifs is 4. The summed E-state index contributed by atoms with van der Waals surface area (Å²) in [6.45, 7) is 4.86. The van der Waals surface area contributed by atoms with Crippen molar-refractivity contribution >= 4 is 11.8 Å². The summed E-state index contributed by atoms with van der Waals surface area (Å²) in [4.78, 5) is 29.8. The van der Waals surface area contributed by atoms with Gasteiger partial charge in [-0.05, 0) is 62.8 Å². The van der Waals surface area contributed by atoms with E-state index in [1.54, 1.807) is 0 Å². The Morgan fingerprint density at radius 3 is 2.46 bits per heavy atom. The van der Waals surface area contributed by atoms with Gasteiger partial charge in [0, 0.05) is 37.2 Å². The fourth-order valence-corrected chi connectivity index (χ4v) is 4.45. The number of nitrogens with zero attached hydrogens (tertiary/aromatic N) is 2. The minimum atomic E-state index is 0.0840. The van der Waals surface area contributed by atoms with Gasteiger partial charge in [-0.15, -0.1) is 0 Å². The van der Waals surface area contributed by atoms with Crippen LogP contribution in [0.25, 0.3) is 0 Å². The molecule has 2 amide bonds. The molecule has 4 aliphatic rings. The monoisotopic (exact) mass is 356 g/mol. The van der Waals surface area contributed by atoms with Crippen LogP contribution >= 0.6 is 0 Å². The van der Waals surface area contributed by atoms with Gasteiger partial charge < -0.3 is 14.5 Å². The van der Waals surface area contributed by atoms with Gasteiger partial charge >= 0.3 is 0 Å². The second kappa shape index (κ2) is 7.29. The Bertz CT molecular complexity index is 668. The van der Waals surface area contributed by atoms with E-state index in [0.29, 0.717) is 30.5 Å². The van der Waals surface area contributed by atoms with Crippen molar-refractivity contribution in [2.24, 2.45) is 11.8 Å². The highest BCUT2D eigenvalue weighted by molar-refractivity contribution is 5.94. The molecule has 0 unspecified atom stereocenters. The molecule has 0 N–H and O–H groups in total. The zero-order chi connectivity index (χ0) is 18.1. The van der Waals surface area contributed by atoms with Crippen LogP contribution in [-0.4, -0.2) is 53.9 Å². The summed E-state index contributed by atoms with van der Waals surface area (Å²) in [7, 11) is 0. The van der Waals surface area contributed by atoms with Crippen LogP contribution in [0.5, 0.6) is 5.75 Å². The standard InChI is InChI=1S/C21H28N2O3/c1-2-26-19-10-7-17(8-11-19)21(25)23-13-15-6-9-18(23)14-22(12-15)20(24)16-4-3-5-16/h7-8,10-11,15-16,18H,2-6,9,12-14H2,1H3/t15-,18+/m0/s1. The summed E-state index contributed by atoms with van der Waals surface area (Å²) in [6.07, 6.45) is 5.38. The van der Waals surface area contributed by atoms with Crippen molar-refractivity contribution in [3.05, 3.63) is 29.8 Å². The fraction of sp³-hybridized carbons (Fsp3) is 0.619. The molecule has 1 aromatic carbocycles. The molecule has 26 heavy (non-hydrogen) atoms. The van der Waals surface area contributed by atoms with Gasteiger partial charge in [-0.3, -0.25) is 9.59 Å². The third-order valence-electron chi connectivity index (χ3n) is 6.15. The molecule has 5 heteroatoms. The van der Waals surface area contributed by atoms with Crippen molar-refractivity contribution in [1.29, 1.82) is 0 Å². The minimum Gasteiger partial charge on any atom is -0.494 e. The molecule has 3 aliphatic heterocycles. The van der Waals surface area contributed by atoms with Crippen molar-refractivity contribution in [2.75, 3.05) is 26.2 Å². The smallest absolute Gasteiger partial charge is 0.254 e. The van der Waals surface area contributed by atoms with Gasteiger partial charge in [-0.2, -0.15) is 0 Å². The normalized spacial score (nSPS) is 25.6. The Morgan fingerprint density at radius 2 is 1.81 bits per heavy atom. The lowest BCUT2D eigenvalue weighted by molar-refractivity contribution is -0.138. The van der Waals surface area contributed by atoms with Crippen molar-refractivity contribution in [3.8, 4) is 5.75 Å². The highest BCUT2D eigenvalue weighted by Crippen LogP contribution is 2.33. The number of hydrogen-bond donors (Lipinski definition) is 0. The molecule has 1 aromatic rings. The number of ether oxygens (including phenoxy) is 1. The average molecular weight is 356 g/mol. The largest absolute Gasteiger partial charge is 0.494 e. The van der Waals surface area contributed by atoms with E-state index in [1.165, 1.54) is 6.42 Å². The molecular weight excluding hydrogens is 328 g/mol. The van der Waals surface area contributed by atoms with E-state index in [1.807, 2.05) is 36.1 Å². The van der Waals surface area contributed by atoms with E-state index >= 15 is 0 Å². The average Bonchev–Trinajstić information content (AvgIpc) is 2.92. The van der Waals surface area contributed by atoms with Crippen LogP contribution in [0.15, 0.2) is 24.3 Å². The van der Waals surface area contributed by atoms with Crippen molar-refractivity contribution in [2.45, 2.75) is 45.1 Å². The fourth-order valence-electron chi connectivity index (χ4n) is 4.45. The van der Waals surface area contributed by atoms with Gasteiger partial charge in [-0.1, -0.05) is 6.42 Å². The molecule has 140 valence electrons. The third kappa shape index (κ3) is 3.31. The van der Waals surface area contributed by atoms with Gasteiger partial charge in [0.1, 0.15) is 5.75 Å². The number of amides is 2. The van der Waals surface area contributed by atoms with E-state index in [-0.39, 0.29) is 17.9 Å². The first-order valence-corrected chi connectivity index (χ1v) is 9.98. The zero-order valence-electron chi connectivity index (χ0n) is 15.5. The number of rotatable bonds is 4. The molecule has 0 radical (unpaired) electrons. The lowest BCUT2D eigenvalue weighted by Gasteiger charge is -2.36. The molecule has 2 atom stereocenters. The van der Waals surface area contributed by atoms with Crippen LogP contribution < -0.4 is 4.74 Å². The van der Waals surface area contributed by atoms with Gasteiger partial charge in [0.15, 0.2) is 0 Å². The number of carbonyl (C=O) groups excluding carboxylic acids is 2. The molecule has 2 bridgehead atoms. The number of piperidine rings is 1. The minimum absolute atomic E-state index is 0.0840. The molecule has 1 saturated carbocycles. The van der Waals surface area contributed by atoms with Crippen LogP contribution in [0.1, 0.15) is 49.4 Å². The maximum atomic E-state index is 13.1. The van der Waals surface area contributed by atoms with E-state index < -0.39 is 0 Å². The molecule has 3 heterocycles. The summed E-state index contributed by atoms with van der Waals surface area (Å²) in [6, 6.07) is 7.57. The molecule has 0 aromatic heterocycles. The molecule has 5 rings (SSSR count). The lowest BCUT2D eigenvalue weighted by Crippen LogP contribution is -2.48. The predicted molar refractivity (Wildman–Crippen MR) is 99.1 cm³/mol. The number of hydrogen-bond acceptors (Lipinski definition) is 3. The zero-order valence-corrected chi connectivity index (χ0v) is 15.5. The maximum absolute atomic E-state index is 13.1. The van der Waals surface area contributed by atoms with E-state index in [4.69, 9.17) is 4.74 Å². The summed E-state index contributed by atoms with van der Waals surface area (Å²) >= 11 is 0. The molecular formula is C21H28N2O3. The second-order valence-corrected chi connectivity index (χ2v) is 7.88. The summed E-state index contributed by atoms with van der Waals surface area (Å²) < 4.78 is 5.47. The van der Waals surface area contributed by atoms with Gasteiger partial charge in [-0.25, -0.2) is 0 Å². The first kappa shape index (κ1) is 17.4. The summed E-state index contributed by atoms with van der Waals surface area (Å²) in [5.41, 5.74) is 0.706. The molecule has 0 spiro atoms. The quantitative estimate of drug-likeness (QED) is 0.833. The van der Waals surface area contributed by atoms with E-state index in [2.05, 4.69) is 4.90 Å². The van der Waals surface area contributed by atoms with E-state index in [9.17, 15) is 9.59 Å². The van der Waals surface area contributed by atoms with Crippen LogP contribution in [0, 0.1) is 11.8 Å². The highest BCUT2D eigenvalue weighted by atomic mass is 16.5. The van der Waals surface area contributed by atoms with Crippen LogP contribution in [0.4, 0.5) is 0 Å². The van der Waals surface area contributed by atoms with Crippen LogP contribution in [0.3, 0.4) is 0 Å². The molecule has 1 aliphatic carbocycles. The van der Waals surface area contributed by atoms with Gasteiger partial charge in [0.05, 0.1) is 6.61 Å². The molecule has 5 nitrogen and oxygen atoms in total. The first-order chi connectivity index (χ1) is 12.7. The Labute approximate surface area is 155 Å². The van der Waals surface area contributed by atoms with Crippen molar-refractivity contribution < 1.29 is 14.3 Å². The van der Waals surface area contributed by atoms with Crippen molar-refractivity contribution in [1.82, 2.24) is 9.80 Å². The van der Waals surface area contributed by atoms with Crippen LogP contribution in [-0.2, 0) is 4.79 Å². The Balaban J connectivity index is 1.47. The SMILES string of the molecule is CCOc1ccc(C(=O)N2C[C@H]3CC[C@@H]2CN(C(=O)C2CCC2)C3)cc1. The second-order valence-electron chi connectivity index (χ2n) is 7.88. The van der Waals surface area contributed by atoms with E-state index in [0.717, 1.165) is 44.5 Å². The number of carbonyl (C=O) groups is 2. The lowest BCUT2D eigenvalue weighted by atomic mass is 9.84. The Morgan fingerprint density at radius 1 is 1.04 bits per heavy atom. The van der Waals surface area contributed by atoms with Crippen molar-refractivity contribution in [3.63, 3.8) is 0 Å². The first-order valence-electron chi connectivity index (χ1n) is 9.98. The molecule has 4 fully saturated rings. The van der Waals surface area contributed by atoms with Gasteiger partial charge in [0.25, 0.3) is 5.91 Å². The third-order valence-corrected chi connectivity index (χ3v) is 6.15.